The highest BCUT2D eigenvalue weighted by atomic mass is 15.3. The van der Waals surface area contributed by atoms with Gasteiger partial charge in [0.05, 0.1) is 0 Å². The van der Waals surface area contributed by atoms with Crippen molar-refractivity contribution in [2.75, 3.05) is 16.0 Å². The van der Waals surface area contributed by atoms with Gasteiger partial charge in [-0.2, -0.15) is 15.0 Å². The van der Waals surface area contributed by atoms with E-state index in [2.05, 4.69) is 88.7 Å². The number of aromatic nitrogens is 3. The van der Waals surface area contributed by atoms with Crippen LogP contribution in [0.3, 0.4) is 0 Å². The molecule has 0 saturated heterocycles. The molecule has 0 atom stereocenters. The van der Waals surface area contributed by atoms with Crippen LogP contribution in [-0.2, 0) is 0 Å². The van der Waals surface area contributed by atoms with E-state index >= 15 is 0 Å². The molecule has 0 amide bonds. The third-order valence-corrected chi connectivity index (χ3v) is 7.31. The molecule has 6 heteroatoms. The second-order valence-electron chi connectivity index (χ2n) is 10.5. The van der Waals surface area contributed by atoms with Crippen LogP contribution in [0, 0.1) is 0 Å². The molecule has 6 nitrogen and oxygen atoms in total. The van der Waals surface area contributed by atoms with E-state index in [0.29, 0.717) is 17.8 Å². The lowest BCUT2D eigenvalue weighted by Crippen LogP contribution is -2.07. The highest BCUT2D eigenvalue weighted by molar-refractivity contribution is 5.73. The van der Waals surface area contributed by atoms with Gasteiger partial charge in [0, 0.05) is 17.1 Å². The van der Waals surface area contributed by atoms with E-state index in [4.69, 9.17) is 15.0 Å². The third kappa shape index (κ3) is 6.87. The van der Waals surface area contributed by atoms with Crippen LogP contribution in [-0.4, -0.2) is 15.0 Å². The predicted molar refractivity (Wildman–Crippen MR) is 185 cm³/mol. The molecule has 45 heavy (non-hydrogen) atoms. The summed E-state index contributed by atoms with van der Waals surface area (Å²) in [6, 6.07) is 55.5. The minimum absolute atomic E-state index is 0.415. The zero-order valence-corrected chi connectivity index (χ0v) is 24.4. The predicted octanol–water partition coefficient (Wildman–Crippen LogP) is 10.1. The van der Waals surface area contributed by atoms with E-state index in [-0.39, 0.29) is 0 Å². The third-order valence-electron chi connectivity index (χ3n) is 7.31. The Hall–Kier alpha value is -6.27. The van der Waals surface area contributed by atoms with Gasteiger partial charge in [-0.05, 0) is 69.8 Å². The Morgan fingerprint density at radius 2 is 0.533 bits per heavy atom. The second kappa shape index (κ2) is 12.9. The average molecular weight is 583 g/mol. The van der Waals surface area contributed by atoms with Gasteiger partial charge in [-0.15, -0.1) is 0 Å². The first-order valence-electron chi connectivity index (χ1n) is 14.8. The van der Waals surface area contributed by atoms with Gasteiger partial charge in [-0.3, -0.25) is 0 Å². The first kappa shape index (κ1) is 27.6. The van der Waals surface area contributed by atoms with Crippen molar-refractivity contribution in [1.82, 2.24) is 15.0 Å². The van der Waals surface area contributed by atoms with Gasteiger partial charge in [0.1, 0.15) is 0 Å². The van der Waals surface area contributed by atoms with Crippen LogP contribution in [0.15, 0.2) is 164 Å². The molecule has 0 radical (unpaired) electrons. The van der Waals surface area contributed by atoms with Crippen LogP contribution in [0.4, 0.5) is 34.9 Å². The van der Waals surface area contributed by atoms with Crippen molar-refractivity contribution >= 4 is 34.9 Å². The van der Waals surface area contributed by atoms with Crippen molar-refractivity contribution < 1.29 is 0 Å². The normalized spacial score (nSPS) is 10.7. The Morgan fingerprint density at radius 3 is 0.822 bits per heavy atom. The van der Waals surface area contributed by atoms with E-state index in [9.17, 15) is 0 Å². The highest BCUT2D eigenvalue weighted by Gasteiger charge is 2.11. The molecule has 0 aliphatic carbocycles. The number of hydrogen-bond donors (Lipinski definition) is 3. The Bertz CT molecular complexity index is 1780. The number of nitrogens with one attached hydrogen (secondary N) is 3. The molecule has 7 aromatic rings. The van der Waals surface area contributed by atoms with Gasteiger partial charge in [0.25, 0.3) is 0 Å². The fourth-order valence-corrected chi connectivity index (χ4v) is 5.15. The lowest BCUT2D eigenvalue weighted by atomic mass is 10.1. The van der Waals surface area contributed by atoms with Crippen LogP contribution in [0.25, 0.3) is 33.4 Å². The number of anilines is 6. The molecule has 0 spiro atoms. The molecule has 7 rings (SSSR count). The summed E-state index contributed by atoms with van der Waals surface area (Å²) in [5, 5.41) is 10.2. The van der Waals surface area contributed by atoms with E-state index in [1.807, 2.05) is 91.0 Å². The summed E-state index contributed by atoms with van der Waals surface area (Å²) in [5.41, 5.74) is 9.32. The van der Waals surface area contributed by atoms with Crippen LogP contribution in [0.5, 0.6) is 0 Å². The average Bonchev–Trinajstić information content (AvgIpc) is 3.10. The summed E-state index contributed by atoms with van der Waals surface area (Å²) in [6.45, 7) is 0. The maximum atomic E-state index is 4.75. The number of rotatable bonds is 9. The molecule has 3 N–H and O–H groups in total. The lowest BCUT2D eigenvalue weighted by Gasteiger charge is -2.13. The zero-order valence-electron chi connectivity index (χ0n) is 24.4. The first-order chi connectivity index (χ1) is 22.2. The molecule has 1 heterocycles. The first-order valence-corrected chi connectivity index (χ1v) is 14.8. The highest BCUT2D eigenvalue weighted by Crippen LogP contribution is 2.28. The van der Waals surface area contributed by atoms with Crippen molar-refractivity contribution in [1.29, 1.82) is 0 Å². The molecule has 216 valence electrons. The number of hydrogen-bond acceptors (Lipinski definition) is 6. The molecular formula is C39H30N6. The molecule has 0 aliphatic rings. The Labute approximate surface area is 262 Å². The van der Waals surface area contributed by atoms with Crippen LogP contribution >= 0.6 is 0 Å². The number of nitrogens with zero attached hydrogens (tertiary/aromatic N) is 3. The summed E-state index contributed by atoms with van der Waals surface area (Å²) in [7, 11) is 0. The van der Waals surface area contributed by atoms with E-state index < -0.39 is 0 Å². The Balaban J connectivity index is 1.21. The Morgan fingerprint density at radius 1 is 0.267 bits per heavy atom. The van der Waals surface area contributed by atoms with Gasteiger partial charge in [-0.1, -0.05) is 127 Å². The summed E-state index contributed by atoms with van der Waals surface area (Å²) in [4.78, 5) is 14.3. The molecule has 0 bridgehead atoms. The maximum Gasteiger partial charge on any atom is 0.233 e. The molecule has 0 aliphatic heterocycles. The summed E-state index contributed by atoms with van der Waals surface area (Å²) >= 11 is 0. The summed E-state index contributed by atoms with van der Waals surface area (Å²) in [5.74, 6) is 1.25. The van der Waals surface area contributed by atoms with Crippen molar-refractivity contribution in [3.63, 3.8) is 0 Å². The topological polar surface area (TPSA) is 74.8 Å². The van der Waals surface area contributed by atoms with Crippen LogP contribution in [0.2, 0.25) is 0 Å². The molecule has 0 fully saturated rings. The van der Waals surface area contributed by atoms with E-state index in [0.717, 1.165) is 50.4 Å². The van der Waals surface area contributed by atoms with Crippen molar-refractivity contribution in [2.24, 2.45) is 0 Å². The second-order valence-corrected chi connectivity index (χ2v) is 10.5. The van der Waals surface area contributed by atoms with E-state index in [1.165, 1.54) is 0 Å². The van der Waals surface area contributed by atoms with E-state index in [1.54, 1.807) is 0 Å². The molecule has 1 aromatic heterocycles. The molecular weight excluding hydrogens is 552 g/mol. The van der Waals surface area contributed by atoms with Gasteiger partial charge >= 0.3 is 0 Å². The van der Waals surface area contributed by atoms with Crippen molar-refractivity contribution in [3.8, 4) is 33.4 Å². The SMILES string of the molecule is c1ccc(-c2cccc(Nc3nc(Nc4cccc(-c5ccccc5)c4)nc(Nc4cccc(-c5ccccc5)c4)n3)c2)cc1. The standard InChI is InChI=1S/C39H30N6/c1-4-13-28(14-5-1)31-19-10-22-34(25-31)40-37-43-38(41-35-23-11-20-32(26-35)29-15-6-2-7-16-29)45-39(44-37)42-36-24-12-21-33(27-36)30-17-8-3-9-18-30/h1-27H,(H3,40,41,42,43,44,45). The number of benzene rings is 6. The minimum Gasteiger partial charge on any atom is -0.324 e. The maximum absolute atomic E-state index is 4.75. The van der Waals surface area contributed by atoms with Crippen molar-refractivity contribution in [2.45, 2.75) is 0 Å². The quantitative estimate of drug-likeness (QED) is 0.157. The zero-order chi connectivity index (χ0) is 30.3. The van der Waals surface area contributed by atoms with Crippen LogP contribution in [0.1, 0.15) is 0 Å². The summed E-state index contributed by atoms with van der Waals surface area (Å²) < 4.78 is 0. The fraction of sp³-hybridized carbons (Fsp3) is 0. The smallest absolute Gasteiger partial charge is 0.233 e. The molecule has 0 unspecified atom stereocenters. The van der Waals surface area contributed by atoms with Gasteiger partial charge < -0.3 is 16.0 Å². The monoisotopic (exact) mass is 582 g/mol. The minimum atomic E-state index is 0.415. The Kier molecular flexibility index (Phi) is 7.92. The van der Waals surface area contributed by atoms with Gasteiger partial charge in [-0.25, -0.2) is 0 Å². The summed E-state index contributed by atoms with van der Waals surface area (Å²) in [6.07, 6.45) is 0. The molecule has 6 aromatic carbocycles. The molecule has 0 saturated carbocycles. The largest absolute Gasteiger partial charge is 0.324 e. The van der Waals surface area contributed by atoms with Gasteiger partial charge in [0.15, 0.2) is 0 Å². The lowest BCUT2D eigenvalue weighted by molar-refractivity contribution is 1.06. The fourth-order valence-electron chi connectivity index (χ4n) is 5.15. The van der Waals surface area contributed by atoms with Crippen molar-refractivity contribution in [3.05, 3.63) is 164 Å². The van der Waals surface area contributed by atoms with Crippen LogP contribution < -0.4 is 16.0 Å². The van der Waals surface area contributed by atoms with Gasteiger partial charge in [0.2, 0.25) is 17.8 Å².